The molecule has 0 aliphatic heterocycles. The lowest BCUT2D eigenvalue weighted by Gasteiger charge is -2.17. The van der Waals surface area contributed by atoms with Crippen LogP contribution in [0.2, 0.25) is 5.02 Å². The molecular formula is C16H15ClN2OS. The maximum atomic E-state index is 12.5. The molecule has 0 saturated carbocycles. The van der Waals surface area contributed by atoms with Crippen molar-refractivity contribution in [3.8, 4) is 0 Å². The van der Waals surface area contributed by atoms with Crippen LogP contribution in [-0.2, 0) is 4.79 Å². The zero-order valence-corrected chi connectivity index (χ0v) is 13.0. The molecule has 1 atom stereocenters. The number of carbonyl (C=O) groups excluding carboxylic acids is 1. The number of hydrogen-bond donors (Lipinski definition) is 2. The standard InChI is InChI=1S/C16H15ClN2OS/c1-10-7-8-12(17)9-13(10)19-16(20)14(15(18)21)11-5-3-2-4-6-11/h2-9,14H,1H3,(H2,18,21)(H,19,20). The van der Waals surface area contributed by atoms with E-state index >= 15 is 0 Å². The van der Waals surface area contributed by atoms with Gasteiger partial charge in [-0.25, -0.2) is 0 Å². The highest BCUT2D eigenvalue weighted by molar-refractivity contribution is 7.80. The molecule has 21 heavy (non-hydrogen) atoms. The van der Waals surface area contributed by atoms with Crippen LogP contribution < -0.4 is 11.1 Å². The molecule has 0 aliphatic rings. The summed E-state index contributed by atoms with van der Waals surface area (Å²) in [5, 5.41) is 3.40. The van der Waals surface area contributed by atoms with Crippen molar-refractivity contribution in [3.05, 3.63) is 64.7 Å². The summed E-state index contributed by atoms with van der Waals surface area (Å²) in [6.45, 7) is 1.89. The van der Waals surface area contributed by atoms with Gasteiger partial charge < -0.3 is 11.1 Å². The second-order valence-corrected chi connectivity index (χ2v) is 5.60. The van der Waals surface area contributed by atoms with Gasteiger partial charge in [-0.05, 0) is 30.2 Å². The predicted molar refractivity (Wildman–Crippen MR) is 90.8 cm³/mol. The van der Waals surface area contributed by atoms with Crippen molar-refractivity contribution < 1.29 is 4.79 Å². The normalized spacial score (nSPS) is 11.7. The molecule has 0 heterocycles. The number of thiocarbonyl (C=S) groups is 1. The number of benzene rings is 2. The second-order valence-electron chi connectivity index (χ2n) is 4.69. The highest BCUT2D eigenvalue weighted by Crippen LogP contribution is 2.23. The van der Waals surface area contributed by atoms with E-state index in [0.717, 1.165) is 11.1 Å². The zero-order valence-electron chi connectivity index (χ0n) is 11.5. The maximum absolute atomic E-state index is 12.5. The molecule has 0 spiro atoms. The SMILES string of the molecule is Cc1ccc(Cl)cc1NC(=O)C(C(N)=S)c1ccccc1. The molecule has 3 N–H and O–H groups in total. The highest BCUT2D eigenvalue weighted by atomic mass is 35.5. The molecule has 5 heteroatoms. The molecular weight excluding hydrogens is 304 g/mol. The first-order chi connectivity index (χ1) is 9.99. The van der Waals surface area contributed by atoms with E-state index in [2.05, 4.69) is 5.32 Å². The van der Waals surface area contributed by atoms with Gasteiger partial charge in [-0.15, -0.1) is 0 Å². The van der Waals surface area contributed by atoms with Crippen molar-refractivity contribution in [2.45, 2.75) is 12.8 Å². The van der Waals surface area contributed by atoms with Gasteiger partial charge >= 0.3 is 0 Å². The van der Waals surface area contributed by atoms with Crippen molar-refractivity contribution in [2.75, 3.05) is 5.32 Å². The third kappa shape index (κ3) is 3.80. The Morgan fingerprint density at radius 2 is 1.90 bits per heavy atom. The number of rotatable bonds is 4. The Morgan fingerprint density at radius 3 is 2.52 bits per heavy atom. The largest absolute Gasteiger partial charge is 0.392 e. The molecule has 0 radical (unpaired) electrons. The molecule has 1 unspecified atom stereocenters. The average molecular weight is 319 g/mol. The highest BCUT2D eigenvalue weighted by Gasteiger charge is 2.23. The van der Waals surface area contributed by atoms with Gasteiger partial charge in [0.25, 0.3) is 0 Å². The molecule has 1 amide bonds. The first-order valence-electron chi connectivity index (χ1n) is 6.40. The number of amides is 1. The molecule has 0 saturated heterocycles. The van der Waals surface area contributed by atoms with E-state index in [-0.39, 0.29) is 10.9 Å². The van der Waals surface area contributed by atoms with Crippen molar-refractivity contribution in [1.82, 2.24) is 0 Å². The van der Waals surface area contributed by atoms with Gasteiger partial charge in [0.15, 0.2) is 0 Å². The lowest BCUT2D eigenvalue weighted by molar-refractivity contribution is -0.116. The minimum absolute atomic E-state index is 0.137. The van der Waals surface area contributed by atoms with E-state index in [0.29, 0.717) is 10.7 Å². The first-order valence-corrected chi connectivity index (χ1v) is 7.19. The fourth-order valence-corrected chi connectivity index (χ4v) is 2.44. The summed E-state index contributed by atoms with van der Waals surface area (Å²) in [5.41, 5.74) is 8.08. The molecule has 0 aromatic heterocycles. The van der Waals surface area contributed by atoms with Gasteiger partial charge in [0, 0.05) is 10.7 Å². The zero-order chi connectivity index (χ0) is 15.4. The number of nitrogens with two attached hydrogens (primary N) is 1. The third-order valence-corrected chi connectivity index (χ3v) is 3.61. The van der Waals surface area contributed by atoms with Crippen LogP contribution in [0.1, 0.15) is 17.0 Å². The Morgan fingerprint density at radius 1 is 1.24 bits per heavy atom. The van der Waals surface area contributed by atoms with Crippen LogP contribution in [0, 0.1) is 6.92 Å². The van der Waals surface area contributed by atoms with Crippen molar-refractivity contribution in [3.63, 3.8) is 0 Å². The minimum Gasteiger partial charge on any atom is -0.392 e. The summed E-state index contributed by atoms with van der Waals surface area (Å²) < 4.78 is 0. The lowest BCUT2D eigenvalue weighted by atomic mass is 9.98. The maximum Gasteiger partial charge on any atom is 0.238 e. The number of hydrogen-bond acceptors (Lipinski definition) is 2. The van der Waals surface area contributed by atoms with E-state index in [4.69, 9.17) is 29.6 Å². The first kappa shape index (κ1) is 15.5. The number of halogens is 1. The topological polar surface area (TPSA) is 55.1 Å². The Labute approximate surface area is 134 Å². The van der Waals surface area contributed by atoms with Crippen LogP contribution >= 0.6 is 23.8 Å². The average Bonchev–Trinajstić information content (AvgIpc) is 2.44. The number of aryl methyl sites for hydroxylation is 1. The van der Waals surface area contributed by atoms with Crippen molar-refractivity contribution >= 4 is 40.4 Å². The summed E-state index contributed by atoms with van der Waals surface area (Å²) in [5.74, 6) is -0.932. The van der Waals surface area contributed by atoms with Gasteiger partial charge in [-0.2, -0.15) is 0 Å². The fourth-order valence-electron chi connectivity index (χ4n) is 2.02. The van der Waals surface area contributed by atoms with Gasteiger partial charge in [0.1, 0.15) is 5.92 Å². The van der Waals surface area contributed by atoms with E-state index in [1.54, 1.807) is 12.1 Å². The molecule has 2 aromatic carbocycles. The van der Waals surface area contributed by atoms with Crippen LogP contribution in [0.25, 0.3) is 0 Å². The monoisotopic (exact) mass is 318 g/mol. The van der Waals surface area contributed by atoms with E-state index < -0.39 is 5.92 Å². The Hall–Kier alpha value is -1.91. The fraction of sp³-hybridized carbons (Fsp3) is 0.125. The molecule has 0 aliphatic carbocycles. The van der Waals surface area contributed by atoms with Gasteiger partial charge in [0.2, 0.25) is 5.91 Å². The molecule has 0 fully saturated rings. The summed E-state index contributed by atoms with van der Waals surface area (Å²) in [7, 11) is 0. The van der Waals surface area contributed by atoms with Gasteiger partial charge in [-0.3, -0.25) is 4.79 Å². The molecule has 2 aromatic rings. The van der Waals surface area contributed by atoms with Crippen LogP contribution in [0.4, 0.5) is 5.69 Å². The van der Waals surface area contributed by atoms with E-state index in [9.17, 15) is 4.79 Å². The lowest BCUT2D eigenvalue weighted by Crippen LogP contribution is -2.31. The second kappa shape index (κ2) is 6.70. The summed E-state index contributed by atoms with van der Waals surface area (Å²) in [6.07, 6.45) is 0. The van der Waals surface area contributed by atoms with Crippen LogP contribution in [0.5, 0.6) is 0 Å². The molecule has 3 nitrogen and oxygen atoms in total. The van der Waals surface area contributed by atoms with Gasteiger partial charge in [-0.1, -0.05) is 60.2 Å². The predicted octanol–water partition coefficient (Wildman–Crippen LogP) is 3.66. The van der Waals surface area contributed by atoms with Crippen LogP contribution in [0.3, 0.4) is 0 Å². The Bertz CT molecular complexity index is 673. The molecule has 0 bridgehead atoms. The number of carbonyl (C=O) groups is 1. The minimum atomic E-state index is -0.667. The Kier molecular flexibility index (Phi) is 4.94. The summed E-state index contributed by atoms with van der Waals surface area (Å²) >= 11 is 11.0. The van der Waals surface area contributed by atoms with E-state index in [1.165, 1.54) is 0 Å². The van der Waals surface area contributed by atoms with Crippen LogP contribution in [-0.4, -0.2) is 10.9 Å². The summed E-state index contributed by atoms with van der Waals surface area (Å²) in [6, 6.07) is 14.5. The Balaban J connectivity index is 2.28. The third-order valence-electron chi connectivity index (χ3n) is 3.14. The molecule has 2 rings (SSSR count). The van der Waals surface area contributed by atoms with Crippen molar-refractivity contribution in [1.29, 1.82) is 0 Å². The summed E-state index contributed by atoms with van der Waals surface area (Å²) in [4.78, 5) is 12.6. The van der Waals surface area contributed by atoms with Gasteiger partial charge in [0.05, 0.1) is 4.99 Å². The number of nitrogens with one attached hydrogen (secondary N) is 1. The smallest absolute Gasteiger partial charge is 0.238 e. The quantitative estimate of drug-likeness (QED) is 0.846. The van der Waals surface area contributed by atoms with E-state index in [1.807, 2.05) is 43.3 Å². The van der Waals surface area contributed by atoms with Crippen molar-refractivity contribution in [2.24, 2.45) is 5.73 Å². The number of anilines is 1. The molecule has 108 valence electrons. The van der Waals surface area contributed by atoms with Crippen LogP contribution in [0.15, 0.2) is 48.5 Å².